The Morgan fingerprint density at radius 2 is 1.41 bits per heavy atom. The van der Waals surface area contributed by atoms with Gasteiger partial charge < -0.3 is 9.47 Å². The van der Waals surface area contributed by atoms with Gasteiger partial charge in [-0.15, -0.1) is 0 Å². The molecule has 0 unspecified atom stereocenters. The number of guanidine groups is 1. The zero-order chi connectivity index (χ0) is 22.5. The number of carbonyl (C=O) groups is 2. The summed E-state index contributed by atoms with van der Waals surface area (Å²) in [6, 6.07) is 8.21. The van der Waals surface area contributed by atoms with Gasteiger partial charge in [0.05, 0.1) is 14.6 Å². The lowest BCUT2D eigenvalue weighted by molar-refractivity contribution is 0.0545. The van der Waals surface area contributed by atoms with Crippen LogP contribution >= 0.6 is 0 Å². The molecule has 0 heterocycles. The van der Waals surface area contributed by atoms with Gasteiger partial charge in [0.15, 0.2) is 0 Å². The SMILES string of the molecule is CC(C)(C)OC(=O)NC(=NCc1cccc([Si](C)(C)C)c1)NC(=O)OC(C)(C)C. The largest absolute Gasteiger partial charge is 0.444 e. The minimum absolute atomic E-state index is 0.0214. The fourth-order valence-corrected chi connectivity index (χ4v) is 3.43. The van der Waals surface area contributed by atoms with E-state index in [1.807, 2.05) is 12.1 Å². The Balaban J connectivity index is 3.00. The number of rotatable bonds is 3. The second-order valence-electron chi connectivity index (χ2n) is 9.87. The lowest BCUT2D eigenvalue weighted by atomic mass is 10.2. The Morgan fingerprint density at radius 1 is 0.931 bits per heavy atom. The molecule has 1 aromatic rings. The van der Waals surface area contributed by atoms with Gasteiger partial charge >= 0.3 is 12.2 Å². The van der Waals surface area contributed by atoms with Crippen LogP contribution in [0.3, 0.4) is 0 Å². The average molecular weight is 422 g/mol. The van der Waals surface area contributed by atoms with Gasteiger partial charge in [-0.25, -0.2) is 14.6 Å². The highest BCUT2D eigenvalue weighted by atomic mass is 28.3. The molecule has 0 fully saturated rings. The second kappa shape index (κ2) is 9.43. The van der Waals surface area contributed by atoms with Gasteiger partial charge in [0, 0.05) is 0 Å². The van der Waals surface area contributed by atoms with Crippen LogP contribution in [0.1, 0.15) is 47.1 Å². The quantitative estimate of drug-likeness (QED) is 0.436. The summed E-state index contributed by atoms with van der Waals surface area (Å²) in [6.45, 7) is 17.6. The first-order chi connectivity index (χ1) is 13.0. The lowest BCUT2D eigenvalue weighted by Crippen LogP contribution is -2.47. The van der Waals surface area contributed by atoms with Crippen LogP contribution in [0.2, 0.25) is 19.6 Å². The van der Waals surface area contributed by atoms with Gasteiger partial charge in [-0.05, 0) is 47.1 Å². The number of ether oxygens (including phenoxy) is 2. The maximum absolute atomic E-state index is 12.1. The number of hydrogen-bond donors (Lipinski definition) is 2. The summed E-state index contributed by atoms with van der Waals surface area (Å²) < 4.78 is 10.5. The molecule has 0 aliphatic carbocycles. The van der Waals surface area contributed by atoms with Crippen molar-refractivity contribution in [1.29, 1.82) is 0 Å². The third-order valence-corrected chi connectivity index (χ3v) is 5.49. The number of hydrogen-bond acceptors (Lipinski definition) is 5. The summed E-state index contributed by atoms with van der Waals surface area (Å²) in [5.41, 5.74) is -0.362. The maximum atomic E-state index is 12.1. The predicted octanol–water partition coefficient (Wildman–Crippen LogP) is 4.14. The Hall–Kier alpha value is -2.35. The topological polar surface area (TPSA) is 89.0 Å². The first-order valence-electron chi connectivity index (χ1n) is 9.69. The van der Waals surface area contributed by atoms with Crippen molar-refractivity contribution in [1.82, 2.24) is 10.6 Å². The number of benzene rings is 1. The van der Waals surface area contributed by atoms with Crippen molar-refractivity contribution in [3.8, 4) is 0 Å². The monoisotopic (exact) mass is 421 g/mol. The first-order valence-corrected chi connectivity index (χ1v) is 13.2. The van der Waals surface area contributed by atoms with Crippen molar-refractivity contribution < 1.29 is 19.1 Å². The fraction of sp³-hybridized carbons (Fsp3) is 0.571. The van der Waals surface area contributed by atoms with E-state index in [0.29, 0.717) is 6.54 Å². The molecular weight excluding hydrogens is 386 g/mol. The molecule has 0 aliphatic heterocycles. The van der Waals surface area contributed by atoms with Crippen LogP contribution in [0.15, 0.2) is 29.3 Å². The molecule has 162 valence electrons. The maximum Gasteiger partial charge on any atom is 0.414 e. The molecule has 0 saturated heterocycles. The van der Waals surface area contributed by atoms with Crippen molar-refractivity contribution in [3.05, 3.63) is 29.8 Å². The van der Waals surface area contributed by atoms with Crippen LogP contribution in [-0.4, -0.2) is 37.4 Å². The van der Waals surface area contributed by atoms with Crippen LogP contribution < -0.4 is 15.8 Å². The minimum atomic E-state index is -1.45. The zero-order valence-corrected chi connectivity index (χ0v) is 20.1. The van der Waals surface area contributed by atoms with Crippen LogP contribution in [0.25, 0.3) is 0 Å². The van der Waals surface area contributed by atoms with Gasteiger partial charge in [-0.1, -0.05) is 49.1 Å². The molecule has 8 heteroatoms. The summed E-state index contributed by atoms with van der Waals surface area (Å²) in [7, 11) is -1.45. The first kappa shape index (κ1) is 24.7. The highest BCUT2D eigenvalue weighted by molar-refractivity contribution is 6.88. The molecular formula is C21H35N3O4Si. The molecule has 2 N–H and O–H groups in total. The summed E-state index contributed by atoms with van der Waals surface area (Å²) >= 11 is 0. The van der Waals surface area contributed by atoms with E-state index in [-0.39, 0.29) is 5.96 Å². The summed E-state index contributed by atoms with van der Waals surface area (Å²) in [5, 5.41) is 6.29. The molecule has 0 spiro atoms. The van der Waals surface area contributed by atoms with Crippen molar-refractivity contribution in [2.45, 2.75) is 78.9 Å². The Bertz CT molecular complexity index is 724. The van der Waals surface area contributed by atoms with E-state index in [2.05, 4.69) is 47.4 Å². The number of amides is 2. The zero-order valence-electron chi connectivity index (χ0n) is 19.1. The number of nitrogens with one attached hydrogen (secondary N) is 2. The van der Waals surface area contributed by atoms with E-state index in [1.54, 1.807) is 41.5 Å². The van der Waals surface area contributed by atoms with Gasteiger partial charge in [0.1, 0.15) is 11.2 Å². The third kappa shape index (κ3) is 10.7. The highest BCUT2D eigenvalue weighted by Gasteiger charge is 2.21. The van der Waals surface area contributed by atoms with Crippen molar-refractivity contribution >= 4 is 31.4 Å². The summed E-state index contributed by atoms with van der Waals surface area (Å²) in [4.78, 5) is 28.6. The average Bonchev–Trinajstić information content (AvgIpc) is 2.48. The predicted molar refractivity (Wildman–Crippen MR) is 119 cm³/mol. The Morgan fingerprint density at radius 3 is 1.83 bits per heavy atom. The summed E-state index contributed by atoms with van der Waals surface area (Å²) in [5.74, 6) is -0.0214. The Labute approximate surface area is 175 Å². The van der Waals surface area contributed by atoms with Crippen LogP contribution in [0.5, 0.6) is 0 Å². The van der Waals surface area contributed by atoms with Crippen LogP contribution in [0.4, 0.5) is 9.59 Å². The van der Waals surface area contributed by atoms with Gasteiger partial charge in [-0.3, -0.25) is 10.6 Å². The molecule has 1 rings (SSSR count). The van der Waals surface area contributed by atoms with E-state index in [0.717, 1.165) is 5.56 Å². The van der Waals surface area contributed by atoms with E-state index >= 15 is 0 Å². The van der Waals surface area contributed by atoms with E-state index < -0.39 is 31.5 Å². The number of carbonyl (C=O) groups excluding carboxylic acids is 2. The third-order valence-electron chi connectivity index (χ3n) is 3.45. The van der Waals surface area contributed by atoms with Gasteiger partial charge in [0.2, 0.25) is 5.96 Å². The number of aliphatic imine (C=N–C) groups is 1. The fourth-order valence-electron chi connectivity index (χ4n) is 2.22. The van der Waals surface area contributed by atoms with E-state index in [9.17, 15) is 9.59 Å². The molecule has 0 saturated carbocycles. The van der Waals surface area contributed by atoms with Crippen LogP contribution in [-0.2, 0) is 16.0 Å². The summed E-state index contributed by atoms with van der Waals surface area (Å²) in [6.07, 6.45) is -1.41. The second-order valence-corrected chi connectivity index (χ2v) is 14.9. The molecule has 0 radical (unpaired) electrons. The standard InChI is InChI=1S/C21H35N3O4Si/c1-20(2,3)27-18(25)23-17(24-19(26)28-21(4,5)6)22-14-15-11-10-12-16(13-15)29(7,8)9/h10-13H,14H2,1-9H3,(H2,22,23,24,25,26). The molecule has 29 heavy (non-hydrogen) atoms. The van der Waals surface area contributed by atoms with Crippen molar-refractivity contribution in [3.63, 3.8) is 0 Å². The van der Waals surface area contributed by atoms with E-state index in [1.165, 1.54) is 5.19 Å². The molecule has 2 amide bonds. The number of nitrogens with zero attached hydrogens (tertiary/aromatic N) is 1. The normalized spacial score (nSPS) is 12.0. The van der Waals surface area contributed by atoms with Crippen molar-refractivity contribution in [2.24, 2.45) is 4.99 Å². The molecule has 0 bridgehead atoms. The highest BCUT2D eigenvalue weighted by Crippen LogP contribution is 2.09. The van der Waals surface area contributed by atoms with Gasteiger partial charge in [0.25, 0.3) is 0 Å². The smallest absolute Gasteiger partial charge is 0.414 e. The molecule has 0 aliphatic rings. The molecule has 7 nitrogen and oxygen atoms in total. The van der Waals surface area contributed by atoms with Gasteiger partial charge in [-0.2, -0.15) is 0 Å². The van der Waals surface area contributed by atoms with Crippen molar-refractivity contribution in [2.75, 3.05) is 0 Å². The lowest BCUT2D eigenvalue weighted by Gasteiger charge is -2.22. The molecule has 0 atom stereocenters. The minimum Gasteiger partial charge on any atom is -0.444 e. The number of alkyl carbamates (subject to hydrolysis) is 2. The van der Waals surface area contributed by atoms with E-state index in [4.69, 9.17) is 9.47 Å². The van der Waals surface area contributed by atoms with Crippen LogP contribution in [0, 0.1) is 0 Å². The molecule has 1 aromatic carbocycles. The molecule has 0 aromatic heterocycles. The Kier molecular flexibility index (Phi) is 8.03.